The summed E-state index contributed by atoms with van der Waals surface area (Å²) in [6.45, 7) is 3.98. The number of amides is 2. The zero-order valence-corrected chi connectivity index (χ0v) is 27.0. The fourth-order valence-electron chi connectivity index (χ4n) is 7.23. The summed E-state index contributed by atoms with van der Waals surface area (Å²) in [6, 6.07) is 3.25. The number of nitrogens with zero attached hydrogens (tertiary/aromatic N) is 2. The third kappa shape index (κ3) is 5.60. The largest absolute Gasteiger partial charge is 0.446 e. The molecule has 2 amide bonds. The molecule has 1 saturated carbocycles. The van der Waals surface area contributed by atoms with Crippen LogP contribution in [0, 0.1) is 17.7 Å². The summed E-state index contributed by atoms with van der Waals surface area (Å²) >= 11 is 0. The average Bonchev–Trinajstić information content (AvgIpc) is 3.40. The molecule has 7 nitrogen and oxygen atoms in total. The molecule has 1 saturated heterocycles. The molecule has 48 heavy (non-hydrogen) atoms. The number of rotatable bonds is 5. The van der Waals surface area contributed by atoms with E-state index in [1.54, 1.807) is 0 Å². The molecule has 264 valence electrons. The summed E-state index contributed by atoms with van der Waals surface area (Å²) in [4.78, 5) is 29.0. The van der Waals surface area contributed by atoms with Crippen molar-refractivity contribution in [2.75, 3.05) is 18.0 Å². The van der Waals surface area contributed by atoms with E-state index in [2.05, 4.69) is 0 Å². The van der Waals surface area contributed by atoms with Gasteiger partial charge in [0.2, 0.25) is 5.91 Å². The Morgan fingerprint density at radius 2 is 1.50 bits per heavy atom. The minimum atomic E-state index is -6.49. The van der Waals surface area contributed by atoms with Gasteiger partial charge in [-0.1, -0.05) is 19.1 Å². The summed E-state index contributed by atoms with van der Waals surface area (Å²) in [5.74, 6) is -1.32. The Morgan fingerprint density at radius 1 is 0.917 bits per heavy atom. The smallest absolute Gasteiger partial charge is 0.435 e. The number of sulfone groups is 1. The van der Waals surface area contributed by atoms with Gasteiger partial charge in [-0.15, -0.1) is 0 Å². The molecule has 2 aromatic rings. The maximum absolute atomic E-state index is 15.4. The molecule has 2 atom stereocenters. The van der Waals surface area contributed by atoms with Crippen molar-refractivity contribution in [3.8, 4) is 0 Å². The Labute approximate surface area is 272 Å². The van der Waals surface area contributed by atoms with Gasteiger partial charge in [0.15, 0.2) is 9.84 Å². The van der Waals surface area contributed by atoms with Crippen LogP contribution in [0.1, 0.15) is 64.0 Å². The van der Waals surface area contributed by atoms with Gasteiger partial charge in [0.05, 0.1) is 29.3 Å². The normalized spacial score (nSPS) is 25.1. The van der Waals surface area contributed by atoms with Gasteiger partial charge in [-0.3, -0.25) is 9.69 Å². The van der Waals surface area contributed by atoms with E-state index in [0.717, 1.165) is 37.1 Å². The minimum Gasteiger partial charge on any atom is -0.446 e. The van der Waals surface area contributed by atoms with Crippen molar-refractivity contribution >= 4 is 27.5 Å². The number of anilines is 1. The van der Waals surface area contributed by atoms with Gasteiger partial charge in [-0.2, -0.15) is 26.3 Å². The van der Waals surface area contributed by atoms with Crippen molar-refractivity contribution < 1.29 is 57.9 Å². The molecule has 0 bridgehead atoms. The quantitative estimate of drug-likeness (QED) is 0.236. The first-order valence-electron chi connectivity index (χ1n) is 15.4. The lowest BCUT2D eigenvalue weighted by molar-refractivity contribution is -0.348. The molecule has 16 heteroatoms. The fourth-order valence-corrected chi connectivity index (χ4v) is 9.53. The fraction of sp³-hybridized carbons (Fsp3) is 0.562. The SMILES string of the molecule is CC1CCC(C(=O)N2CCC3(S(=O)(=O)c4ccc(F)cc4)c4ccc(C(F)(C(F)(F)F)C(F)(F)F)cc4N(C(=O)OC(C)C)CC23)CC1. The summed E-state index contributed by atoms with van der Waals surface area (Å²) in [6.07, 6.45) is -13.0. The first-order chi connectivity index (χ1) is 22.2. The second-order valence-corrected chi connectivity index (χ2v) is 15.2. The Bertz CT molecular complexity index is 1660. The van der Waals surface area contributed by atoms with E-state index < -0.39 is 96.7 Å². The van der Waals surface area contributed by atoms with Crippen LogP contribution in [0.2, 0.25) is 0 Å². The van der Waals surface area contributed by atoms with E-state index in [1.807, 2.05) is 6.92 Å². The molecule has 2 fully saturated rings. The van der Waals surface area contributed by atoms with Gasteiger partial charge in [-0.25, -0.2) is 22.0 Å². The van der Waals surface area contributed by atoms with Crippen LogP contribution in [0.4, 0.5) is 45.6 Å². The molecule has 2 unspecified atom stereocenters. The Kier molecular flexibility index (Phi) is 9.09. The Morgan fingerprint density at radius 3 is 2.04 bits per heavy atom. The van der Waals surface area contributed by atoms with Gasteiger partial charge in [0, 0.05) is 18.0 Å². The van der Waals surface area contributed by atoms with E-state index >= 15 is 4.39 Å². The first-order valence-corrected chi connectivity index (χ1v) is 16.9. The predicted octanol–water partition coefficient (Wildman–Crippen LogP) is 7.58. The van der Waals surface area contributed by atoms with Crippen LogP contribution in [0.15, 0.2) is 47.4 Å². The highest BCUT2D eigenvalue weighted by Crippen LogP contribution is 2.58. The highest BCUT2D eigenvalue weighted by molar-refractivity contribution is 7.92. The van der Waals surface area contributed by atoms with Crippen molar-refractivity contribution in [1.82, 2.24) is 4.90 Å². The molecule has 0 N–H and O–H groups in total. The zero-order valence-electron chi connectivity index (χ0n) is 26.2. The maximum Gasteiger partial charge on any atom is 0.435 e. The topological polar surface area (TPSA) is 84.0 Å². The molecule has 3 aliphatic rings. The van der Waals surface area contributed by atoms with E-state index in [9.17, 15) is 48.7 Å². The van der Waals surface area contributed by atoms with E-state index in [4.69, 9.17) is 4.74 Å². The lowest BCUT2D eigenvalue weighted by atomic mass is 9.81. The average molecular weight is 711 g/mol. The number of benzene rings is 2. The lowest BCUT2D eigenvalue weighted by Gasteiger charge is -2.47. The highest BCUT2D eigenvalue weighted by Gasteiger charge is 2.74. The van der Waals surface area contributed by atoms with E-state index in [1.165, 1.54) is 18.7 Å². The molecule has 2 heterocycles. The monoisotopic (exact) mass is 710 g/mol. The van der Waals surface area contributed by atoms with Crippen LogP contribution in [0.25, 0.3) is 0 Å². The first kappa shape index (κ1) is 35.9. The zero-order chi connectivity index (χ0) is 35.6. The van der Waals surface area contributed by atoms with Gasteiger partial charge >= 0.3 is 24.1 Å². The molecular formula is C32H34F8N2O5S. The number of ether oxygens (including phenoxy) is 1. The molecule has 2 aliphatic heterocycles. The summed E-state index contributed by atoms with van der Waals surface area (Å²) in [5, 5.41) is 0. The summed E-state index contributed by atoms with van der Waals surface area (Å²) in [7, 11) is -4.75. The number of hydrogen-bond acceptors (Lipinski definition) is 5. The van der Waals surface area contributed by atoms with Gasteiger partial charge in [0.25, 0.3) is 0 Å². The number of hydrogen-bond donors (Lipinski definition) is 0. The Hall–Kier alpha value is -3.43. The summed E-state index contributed by atoms with van der Waals surface area (Å²) < 4.78 is 145. The molecule has 0 aromatic heterocycles. The van der Waals surface area contributed by atoms with Crippen molar-refractivity contribution in [2.45, 2.75) is 92.7 Å². The van der Waals surface area contributed by atoms with Crippen molar-refractivity contribution in [3.05, 3.63) is 59.4 Å². The van der Waals surface area contributed by atoms with Gasteiger partial charge in [-0.05, 0) is 87.8 Å². The van der Waals surface area contributed by atoms with Gasteiger partial charge in [0.1, 0.15) is 10.6 Å². The number of carbonyl (C=O) groups is 2. The summed E-state index contributed by atoms with van der Waals surface area (Å²) in [5.41, 5.74) is -9.00. The number of carbonyl (C=O) groups excluding carboxylic acids is 2. The van der Waals surface area contributed by atoms with E-state index in [0.29, 0.717) is 29.7 Å². The predicted molar refractivity (Wildman–Crippen MR) is 157 cm³/mol. The molecule has 1 aliphatic carbocycles. The molecular weight excluding hydrogens is 676 g/mol. The third-order valence-electron chi connectivity index (χ3n) is 9.73. The van der Waals surface area contributed by atoms with Crippen LogP contribution >= 0.6 is 0 Å². The van der Waals surface area contributed by atoms with Crippen LogP contribution in [-0.4, -0.2) is 62.9 Å². The van der Waals surface area contributed by atoms with Crippen LogP contribution < -0.4 is 4.90 Å². The van der Waals surface area contributed by atoms with Crippen molar-refractivity contribution in [1.29, 1.82) is 0 Å². The number of alkyl halides is 7. The van der Waals surface area contributed by atoms with E-state index in [-0.39, 0.29) is 25.1 Å². The minimum absolute atomic E-state index is 0.170. The van der Waals surface area contributed by atoms with Crippen LogP contribution in [0.5, 0.6) is 0 Å². The highest BCUT2D eigenvalue weighted by atomic mass is 32.2. The molecule has 0 spiro atoms. The maximum atomic E-state index is 15.4. The number of fused-ring (bicyclic) bond motifs is 3. The number of likely N-dealkylation sites (tertiary alicyclic amines) is 1. The second kappa shape index (κ2) is 12.2. The second-order valence-electron chi connectivity index (χ2n) is 13.0. The molecule has 2 aromatic carbocycles. The van der Waals surface area contributed by atoms with Crippen LogP contribution in [-0.2, 0) is 29.8 Å². The lowest BCUT2D eigenvalue weighted by Crippen LogP contribution is -2.60. The molecule has 0 radical (unpaired) electrons. The van der Waals surface area contributed by atoms with Crippen LogP contribution in [0.3, 0.4) is 0 Å². The standard InChI is InChI=1S/C32H34F8N2O5S/c1-18(2)47-28(44)42-17-26-29(48(45,46)23-11-9-22(33)10-12-23,14-15-41(26)27(43)20-6-4-19(3)5-7-20)24-13-8-21(16-25(24)42)30(34,31(35,36)37)32(38,39)40/h8-13,16,18-20,26H,4-7,14-15,17H2,1-3H3. The third-order valence-corrected chi connectivity index (χ3v) is 12.3. The van der Waals surface area contributed by atoms with Crippen molar-refractivity contribution in [2.24, 2.45) is 11.8 Å². The Balaban J connectivity index is 1.78. The van der Waals surface area contributed by atoms with Crippen molar-refractivity contribution in [3.63, 3.8) is 0 Å². The van der Waals surface area contributed by atoms with Gasteiger partial charge < -0.3 is 9.64 Å². The molecule has 5 rings (SSSR count). The number of halogens is 8.